The van der Waals surface area contributed by atoms with Gasteiger partial charge in [0.15, 0.2) is 17.3 Å². The van der Waals surface area contributed by atoms with E-state index in [1.54, 1.807) is 32.8 Å². The number of carbonyl (C=O) groups excluding carboxylic acids is 6. The summed E-state index contributed by atoms with van der Waals surface area (Å²) in [4.78, 5) is 81.2. The minimum atomic E-state index is -1.05. The Bertz CT molecular complexity index is 1920. The number of unbranched alkanes of at least 4 members (excludes halogenated alkanes) is 3. The molecule has 0 radical (unpaired) electrons. The average molecular weight is 881 g/mol. The summed E-state index contributed by atoms with van der Waals surface area (Å²) in [5, 5.41) is 25.6. The second-order valence-corrected chi connectivity index (χ2v) is 17.6. The molecule has 13 heteroatoms. The van der Waals surface area contributed by atoms with Gasteiger partial charge in [-0.25, -0.2) is 0 Å². The van der Waals surface area contributed by atoms with E-state index in [-0.39, 0.29) is 67.4 Å². The highest BCUT2D eigenvalue weighted by atomic mass is 16.3. The van der Waals surface area contributed by atoms with Crippen molar-refractivity contribution >= 4 is 41.9 Å². The number of nitrogens with one attached hydrogen (secondary N) is 2. The van der Waals surface area contributed by atoms with Crippen molar-refractivity contribution in [3.8, 4) is 16.9 Å². The molecule has 348 valence electrons. The third-order valence-electron chi connectivity index (χ3n) is 12.1. The maximum absolute atomic E-state index is 14.0. The van der Waals surface area contributed by atoms with Crippen molar-refractivity contribution in [2.45, 2.75) is 148 Å². The molecule has 0 fully saturated rings. The summed E-state index contributed by atoms with van der Waals surface area (Å²) in [6.07, 6.45) is 7.10. The monoisotopic (exact) mass is 881 g/mol. The Hall–Kier alpha value is -4.98. The summed E-state index contributed by atoms with van der Waals surface area (Å²) in [6.45, 7) is 7.30. The summed E-state index contributed by atoms with van der Waals surface area (Å²) in [6, 6.07) is 20.4. The number of ketones is 4. The first kappa shape index (κ1) is 53.4. The minimum Gasteiger partial charge on any atom is -0.508 e. The molecule has 3 rings (SSSR count). The van der Waals surface area contributed by atoms with E-state index in [0.29, 0.717) is 69.2 Å². The molecule has 0 aliphatic rings. The number of phenols is 1. The van der Waals surface area contributed by atoms with Crippen LogP contribution in [-0.2, 0) is 36.8 Å². The number of phenolic OH excluding ortho intramolecular Hbond substituents is 1. The van der Waals surface area contributed by atoms with Gasteiger partial charge in [-0.3, -0.25) is 28.8 Å². The highest BCUT2D eigenvalue weighted by Gasteiger charge is 2.31. The number of Topliss-reactive ketones (excluding diaryl/α,β-unsaturated/α-hetero) is 4. The maximum Gasteiger partial charge on any atom is 0.289 e. The summed E-state index contributed by atoms with van der Waals surface area (Å²) in [7, 11) is 0. The molecular weight excluding hydrogens is 807 g/mol. The zero-order valence-corrected chi connectivity index (χ0v) is 38.6. The maximum atomic E-state index is 14.0. The van der Waals surface area contributed by atoms with Crippen LogP contribution < -0.4 is 22.1 Å². The summed E-state index contributed by atoms with van der Waals surface area (Å²) in [5.41, 5.74) is 16.1. The first-order valence-corrected chi connectivity index (χ1v) is 23.4. The lowest BCUT2D eigenvalue weighted by Crippen LogP contribution is -2.47. The van der Waals surface area contributed by atoms with Crippen molar-refractivity contribution in [1.82, 2.24) is 10.6 Å². The Balaban J connectivity index is 1.66. The first-order valence-electron chi connectivity index (χ1n) is 23.4. The third-order valence-corrected chi connectivity index (χ3v) is 12.1. The Morgan fingerprint density at radius 1 is 0.641 bits per heavy atom. The van der Waals surface area contributed by atoms with E-state index in [4.69, 9.17) is 11.5 Å². The molecule has 12 nitrogen and oxygen atoms in total. The molecule has 0 saturated carbocycles. The van der Waals surface area contributed by atoms with E-state index in [2.05, 4.69) is 41.8 Å². The van der Waals surface area contributed by atoms with E-state index in [1.165, 1.54) is 17.7 Å². The van der Waals surface area contributed by atoms with Gasteiger partial charge >= 0.3 is 0 Å². The van der Waals surface area contributed by atoms with E-state index in [1.807, 2.05) is 24.3 Å². The van der Waals surface area contributed by atoms with Gasteiger partial charge in [0.2, 0.25) is 11.8 Å². The second-order valence-electron chi connectivity index (χ2n) is 17.6. The molecule has 0 aliphatic heterocycles. The number of hydrogen-bond acceptors (Lipinski definition) is 10. The van der Waals surface area contributed by atoms with Crippen LogP contribution in [-0.4, -0.2) is 77.2 Å². The van der Waals surface area contributed by atoms with Crippen molar-refractivity contribution < 1.29 is 38.9 Å². The highest BCUT2D eigenvalue weighted by molar-refractivity contribution is 6.50. The van der Waals surface area contributed by atoms with Gasteiger partial charge in [-0.1, -0.05) is 101 Å². The van der Waals surface area contributed by atoms with Crippen LogP contribution in [0.3, 0.4) is 0 Å². The number of aromatic hydroxyl groups is 1. The number of aryl methyl sites for hydroxylation is 1. The molecule has 0 aromatic heterocycles. The number of rotatable bonds is 32. The van der Waals surface area contributed by atoms with Crippen molar-refractivity contribution in [1.29, 1.82) is 0 Å². The molecule has 0 heterocycles. The Labute approximate surface area is 381 Å². The number of carbonyl (C=O) groups is 6. The van der Waals surface area contributed by atoms with Crippen LogP contribution in [0.4, 0.5) is 0 Å². The zero-order valence-electron chi connectivity index (χ0n) is 38.6. The quantitative estimate of drug-likeness (QED) is 0.0208. The average Bonchev–Trinajstić information content (AvgIpc) is 3.28. The normalized spacial score (nSPS) is 13.5. The number of benzene rings is 3. The van der Waals surface area contributed by atoms with E-state index in [0.717, 1.165) is 30.4 Å². The van der Waals surface area contributed by atoms with Crippen LogP contribution in [0.25, 0.3) is 11.1 Å². The lowest BCUT2D eigenvalue weighted by atomic mass is 9.58. The molecule has 2 amide bonds. The zero-order chi connectivity index (χ0) is 47.0. The van der Waals surface area contributed by atoms with Crippen molar-refractivity contribution in [2.24, 2.45) is 23.3 Å². The van der Waals surface area contributed by atoms with Crippen LogP contribution in [0.2, 0.25) is 12.6 Å². The standard InChI is InChI=1S/C51H73BN4O8/c1-5-6-12-37-17-21-39(22-18-37)40-23-25-41(26-24-40)47(59)16-11-14-44(58)34-42(13-7-9-29-53)51(63)56-46(33-38-19-27-43(57)28-20-38)48(60)31-35(2)50(62)55-45(15-8-10-30-54)49(61)32-36(3)52(4)64/h17-28,35-36,42,45-46,57,64H,5-16,29-34,53-54H2,1-4H3,(H,55,62)(H,56,63)/t35-,36-,42-,45+,46+/m1/s1. The Morgan fingerprint density at radius 3 is 1.80 bits per heavy atom. The van der Waals surface area contributed by atoms with Crippen LogP contribution in [0.1, 0.15) is 132 Å². The van der Waals surface area contributed by atoms with E-state index < -0.39 is 48.4 Å². The smallest absolute Gasteiger partial charge is 0.289 e. The molecule has 0 bridgehead atoms. The van der Waals surface area contributed by atoms with Crippen LogP contribution in [0.15, 0.2) is 72.8 Å². The van der Waals surface area contributed by atoms with Crippen molar-refractivity contribution in [2.75, 3.05) is 13.1 Å². The first-order chi connectivity index (χ1) is 30.6. The van der Waals surface area contributed by atoms with Gasteiger partial charge in [-0.15, -0.1) is 0 Å². The largest absolute Gasteiger partial charge is 0.508 e. The Kier molecular flexibility index (Phi) is 24.0. The number of amides is 2. The van der Waals surface area contributed by atoms with Gasteiger partial charge in [0.05, 0.1) is 12.1 Å². The van der Waals surface area contributed by atoms with Crippen LogP contribution >= 0.6 is 0 Å². The molecule has 5 atom stereocenters. The highest BCUT2D eigenvalue weighted by Crippen LogP contribution is 2.24. The molecule has 0 saturated heterocycles. The number of nitrogens with two attached hydrogens (primary N) is 2. The van der Waals surface area contributed by atoms with Crippen molar-refractivity contribution in [3.63, 3.8) is 0 Å². The fraction of sp³-hybridized carbons (Fsp3) is 0.529. The molecule has 8 N–H and O–H groups in total. The van der Waals surface area contributed by atoms with Crippen LogP contribution in [0.5, 0.6) is 5.75 Å². The molecular formula is C51H73BN4O8. The lowest BCUT2D eigenvalue weighted by molar-refractivity contribution is -0.134. The number of hydrogen-bond donors (Lipinski definition) is 6. The molecule has 3 aromatic carbocycles. The van der Waals surface area contributed by atoms with E-state index in [9.17, 15) is 38.9 Å². The summed E-state index contributed by atoms with van der Waals surface area (Å²) in [5.74, 6) is -3.65. The predicted molar refractivity (Wildman–Crippen MR) is 255 cm³/mol. The third kappa shape index (κ3) is 19.0. The van der Waals surface area contributed by atoms with Gasteiger partial charge in [0.1, 0.15) is 11.5 Å². The molecule has 0 unspecified atom stereocenters. The second kappa shape index (κ2) is 28.7. The molecule has 64 heavy (non-hydrogen) atoms. The summed E-state index contributed by atoms with van der Waals surface area (Å²) < 4.78 is 0. The van der Waals surface area contributed by atoms with Gasteiger partial charge in [-0.2, -0.15) is 0 Å². The van der Waals surface area contributed by atoms with Crippen LogP contribution in [0, 0.1) is 11.8 Å². The minimum absolute atomic E-state index is 0.0385. The Morgan fingerprint density at radius 2 is 1.20 bits per heavy atom. The van der Waals surface area contributed by atoms with Gasteiger partial charge in [0, 0.05) is 49.5 Å². The lowest BCUT2D eigenvalue weighted by Gasteiger charge is -2.24. The van der Waals surface area contributed by atoms with Gasteiger partial charge < -0.3 is 32.2 Å². The fourth-order valence-electron chi connectivity index (χ4n) is 7.61. The summed E-state index contributed by atoms with van der Waals surface area (Å²) >= 11 is 0. The molecule has 3 aromatic rings. The topological polar surface area (TPSA) is 219 Å². The van der Waals surface area contributed by atoms with E-state index >= 15 is 0 Å². The van der Waals surface area contributed by atoms with Gasteiger partial charge in [-0.05, 0) is 111 Å². The molecule has 0 aliphatic carbocycles. The predicted octanol–water partition coefficient (Wildman–Crippen LogP) is 7.36. The SMILES string of the molecule is CCCCc1ccc(-c2ccc(C(=O)CCCC(=O)C[C@@H](CCCCN)C(=O)N[C@@H](Cc3ccc(O)cc3)C(=O)C[C@@H](C)C(=O)N[C@@H](CCCCN)C(=O)C[C@@H](C)B(C)O)cc2)cc1. The van der Waals surface area contributed by atoms with Crippen molar-refractivity contribution in [3.05, 3.63) is 89.5 Å². The fourth-order valence-corrected chi connectivity index (χ4v) is 7.61. The molecule has 0 spiro atoms. The van der Waals surface area contributed by atoms with Gasteiger partial charge in [0.25, 0.3) is 6.92 Å².